The van der Waals surface area contributed by atoms with Gasteiger partial charge < -0.3 is 5.32 Å². The fraction of sp³-hybridized carbons (Fsp3) is 0.167. The maximum atomic E-state index is 13.6. The summed E-state index contributed by atoms with van der Waals surface area (Å²) >= 11 is 1.63. The van der Waals surface area contributed by atoms with E-state index in [2.05, 4.69) is 5.32 Å². The van der Waals surface area contributed by atoms with Gasteiger partial charge in [-0.1, -0.05) is 24.3 Å². The van der Waals surface area contributed by atoms with Crippen LogP contribution < -0.4 is 5.32 Å². The molecule has 78 valence electrons. The first-order valence-corrected chi connectivity index (χ1v) is 5.66. The number of benzene rings is 1. The second-order valence-electron chi connectivity index (χ2n) is 3.26. The van der Waals surface area contributed by atoms with Gasteiger partial charge in [-0.2, -0.15) is 0 Å². The molecule has 1 nitrogen and oxygen atoms in total. The van der Waals surface area contributed by atoms with Crippen molar-refractivity contribution in [2.24, 2.45) is 0 Å². The molecule has 0 spiro atoms. The standard InChI is InChI=1S/C12H12FNS/c1-14-12(11-7-4-8-15-11)9-5-2-3-6-10(9)13/h2-8,12,14H,1H3. The summed E-state index contributed by atoms with van der Waals surface area (Å²) in [4.78, 5) is 1.13. The van der Waals surface area contributed by atoms with E-state index in [1.54, 1.807) is 17.4 Å². The Morgan fingerprint density at radius 3 is 2.60 bits per heavy atom. The predicted octanol–water partition coefficient (Wildman–Crippen LogP) is 3.20. The topological polar surface area (TPSA) is 12.0 Å². The largest absolute Gasteiger partial charge is 0.309 e. The Hall–Kier alpha value is -1.19. The van der Waals surface area contributed by atoms with Crippen molar-refractivity contribution in [3.05, 3.63) is 58.0 Å². The molecular formula is C12H12FNS. The minimum Gasteiger partial charge on any atom is -0.309 e. The van der Waals surface area contributed by atoms with Gasteiger partial charge in [-0.3, -0.25) is 0 Å². The summed E-state index contributed by atoms with van der Waals surface area (Å²) in [5, 5.41) is 5.13. The number of hydrogen-bond acceptors (Lipinski definition) is 2. The highest BCUT2D eigenvalue weighted by molar-refractivity contribution is 7.10. The van der Waals surface area contributed by atoms with Crippen molar-refractivity contribution in [1.82, 2.24) is 5.32 Å². The van der Waals surface area contributed by atoms with Crippen LogP contribution in [0.5, 0.6) is 0 Å². The lowest BCUT2D eigenvalue weighted by Crippen LogP contribution is -2.17. The van der Waals surface area contributed by atoms with Crippen LogP contribution in [0.1, 0.15) is 16.5 Å². The Kier molecular flexibility index (Phi) is 3.14. The van der Waals surface area contributed by atoms with Crippen LogP contribution in [0.4, 0.5) is 4.39 Å². The van der Waals surface area contributed by atoms with Crippen molar-refractivity contribution in [2.45, 2.75) is 6.04 Å². The number of halogens is 1. The number of hydrogen-bond donors (Lipinski definition) is 1. The number of thiophene rings is 1. The van der Waals surface area contributed by atoms with Crippen LogP contribution in [0.25, 0.3) is 0 Å². The molecule has 1 aromatic carbocycles. The average Bonchev–Trinajstić information content (AvgIpc) is 2.75. The first-order chi connectivity index (χ1) is 7.33. The van der Waals surface area contributed by atoms with Gasteiger partial charge in [-0.05, 0) is 24.6 Å². The van der Waals surface area contributed by atoms with E-state index in [1.165, 1.54) is 6.07 Å². The number of nitrogens with one attached hydrogen (secondary N) is 1. The molecule has 1 unspecified atom stereocenters. The van der Waals surface area contributed by atoms with Gasteiger partial charge in [0.2, 0.25) is 0 Å². The summed E-state index contributed by atoms with van der Waals surface area (Å²) in [6, 6.07) is 10.8. The van der Waals surface area contributed by atoms with Crippen LogP contribution >= 0.6 is 11.3 Å². The third-order valence-electron chi connectivity index (χ3n) is 2.33. The van der Waals surface area contributed by atoms with Gasteiger partial charge in [0.25, 0.3) is 0 Å². The van der Waals surface area contributed by atoms with E-state index in [-0.39, 0.29) is 11.9 Å². The van der Waals surface area contributed by atoms with Crippen LogP contribution in [0.2, 0.25) is 0 Å². The minimum absolute atomic E-state index is 0.0498. The highest BCUT2D eigenvalue weighted by Gasteiger charge is 2.15. The first-order valence-electron chi connectivity index (χ1n) is 4.78. The van der Waals surface area contributed by atoms with Crippen LogP contribution in [-0.2, 0) is 0 Å². The van der Waals surface area contributed by atoms with E-state index < -0.39 is 0 Å². The Balaban J connectivity index is 2.40. The molecule has 0 saturated carbocycles. The molecule has 0 fully saturated rings. The smallest absolute Gasteiger partial charge is 0.128 e. The molecule has 2 aromatic rings. The third-order valence-corrected chi connectivity index (χ3v) is 3.27. The Bertz CT molecular complexity index is 425. The van der Waals surface area contributed by atoms with Crippen molar-refractivity contribution >= 4 is 11.3 Å². The van der Waals surface area contributed by atoms with E-state index >= 15 is 0 Å². The van der Waals surface area contributed by atoms with Crippen molar-refractivity contribution in [1.29, 1.82) is 0 Å². The molecule has 0 aliphatic carbocycles. The predicted molar refractivity (Wildman–Crippen MR) is 61.6 cm³/mol. The SMILES string of the molecule is CNC(c1cccs1)c1ccccc1F. The van der Waals surface area contributed by atoms with E-state index in [9.17, 15) is 4.39 Å². The zero-order valence-corrected chi connectivity index (χ0v) is 9.22. The van der Waals surface area contributed by atoms with Crippen LogP contribution in [0.15, 0.2) is 41.8 Å². The van der Waals surface area contributed by atoms with Gasteiger partial charge >= 0.3 is 0 Å². The second kappa shape index (κ2) is 4.55. The van der Waals surface area contributed by atoms with Gasteiger partial charge in [0.1, 0.15) is 5.82 Å². The highest BCUT2D eigenvalue weighted by atomic mass is 32.1. The Morgan fingerprint density at radius 1 is 1.20 bits per heavy atom. The quantitative estimate of drug-likeness (QED) is 0.839. The molecule has 0 aliphatic heterocycles. The van der Waals surface area contributed by atoms with Gasteiger partial charge in [-0.15, -0.1) is 11.3 Å². The normalized spacial score (nSPS) is 12.7. The zero-order valence-electron chi connectivity index (χ0n) is 8.41. The van der Waals surface area contributed by atoms with Gasteiger partial charge in [0.15, 0.2) is 0 Å². The van der Waals surface area contributed by atoms with Crippen LogP contribution in [0.3, 0.4) is 0 Å². The molecular weight excluding hydrogens is 209 g/mol. The summed E-state index contributed by atoms with van der Waals surface area (Å²) < 4.78 is 13.6. The molecule has 1 atom stereocenters. The lowest BCUT2D eigenvalue weighted by molar-refractivity contribution is 0.579. The molecule has 0 saturated heterocycles. The van der Waals surface area contributed by atoms with Gasteiger partial charge in [0.05, 0.1) is 6.04 Å². The third kappa shape index (κ3) is 2.08. The summed E-state index contributed by atoms with van der Waals surface area (Å²) in [6.07, 6.45) is 0. The molecule has 2 rings (SSSR count). The monoisotopic (exact) mass is 221 g/mol. The van der Waals surface area contributed by atoms with Crippen molar-refractivity contribution in [3.8, 4) is 0 Å². The molecule has 0 amide bonds. The molecule has 0 bridgehead atoms. The molecule has 0 aliphatic rings. The molecule has 15 heavy (non-hydrogen) atoms. The van der Waals surface area contributed by atoms with E-state index in [0.29, 0.717) is 5.56 Å². The number of rotatable bonds is 3. The van der Waals surface area contributed by atoms with Crippen molar-refractivity contribution in [2.75, 3.05) is 7.05 Å². The fourth-order valence-electron chi connectivity index (χ4n) is 1.62. The van der Waals surface area contributed by atoms with E-state index in [4.69, 9.17) is 0 Å². The second-order valence-corrected chi connectivity index (χ2v) is 4.24. The van der Waals surface area contributed by atoms with Crippen molar-refractivity contribution in [3.63, 3.8) is 0 Å². The lowest BCUT2D eigenvalue weighted by Gasteiger charge is -2.15. The van der Waals surface area contributed by atoms with Crippen LogP contribution in [-0.4, -0.2) is 7.05 Å². The highest BCUT2D eigenvalue weighted by Crippen LogP contribution is 2.27. The van der Waals surface area contributed by atoms with Gasteiger partial charge in [-0.25, -0.2) is 4.39 Å². The molecule has 0 radical (unpaired) electrons. The fourth-order valence-corrected chi connectivity index (χ4v) is 2.47. The Morgan fingerprint density at radius 2 is 2.00 bits per heavy atom. The van der Waals surface area contributed by atoms with Crippen molar-refractivity contribution < 1.29 is 4.39 Å². The van der Waals surface area contributed by atoms with E-state index in [1.807, 2.05) is 36.7 Å². The molecule has 3 heteroatoms. The molecule has 1 heterocycles. The molecule has 1 N–H and O–H groups in total. The maximum Gasteiger partial charge on any atom is 0.128 e. The first kappa shape index (κ1) is 10.3. The molecule has 1 aromatic heterocycles. The maximum absolute atomic E-state index is 13.6. The summed E-state index contributed by atoms with van der Waals surface area (Å²) in [7, 11) is 1.84. The average molecular weight is 221 g/mol. The lowest BCUT2D eigenvalue weighted by atomic mass is 10.1. The summed E-state index contributed by atoms with van der Waals surface area (Å²) in [5.74, 6) is -0.162. The summed E-state index contributed by atoms with van der Waals surface area (Å²) in [5.41, 5.74) is 0.697. The van der Waals surface area contributed by atoms with Crippen LogP contribution in [0, 0.1) is 5.82 Å². The minimum atomic E-state index is -0.162. The van der Waals surface area contributed by atoms with E-state index in [0.717, 1.165) is 4.88 Å². The summed E-state index contributed by atoms with van der Waals surface area (Å²) in [6.45, 7) is 0. The Labute approximate surface area is 92.6 Å². The van der Waals surface area contributed by atoms with Gasteiger partial charge in [0, 0.05) is 10.4 Å². The zero-order chi connectivity index (χ0) is 10.7.